The summed E-state index contributed by atoms with van der Waals surface area (Å²) in [6.07, 6.45) is 1.14. The lowest BCUT2D eigenvalue weighted by Crippen LogP contribution is -2.30. The van der Waals surface area contributed by atoms with Crippen LogP contribution in [0.1, 0.15) is 40.5 Å². The zero-order chi connectivity index (χ0) is 10.4. The Morgan fingerprint density at radius 1 is 1.38 bits per heavy atom. The third-order valence-electron chi connectivity index (χ3n) is 1.92. The van der Waals surface area contributed by atoms with Gasteiger partial charge in [0.15, 0.2) is 0 Å². The molecule has 0 aromatic rings. The maximum Gasteiger partial charge on any atom is 0.305 e. The van der Waals surface area contributed by atoms with Crippen LogP contribution in [-0.4, -0.2) is 18.1 Å². The molecule has 0 radical (unpaired) electrons. The first-order valence-electron chi connectivity index (χ1n) is 4.92. The van der Waals surface area contributed by atoms with Crippen molar-refractivity contribution >= 4 is 5.97 Å². The number of carbonyl (C=O) groups excluding carboxylic acids is 1. The maximum absolute atomic E-state index is 11.0. The van der Waals surface area contributed by atoms with Crippen molar-refractivity contribution in [2.45, 2.75) is 52.7 Å². The molecule has 0 spiro atoms. The Balaban J connectivity index is 4.02. The van der Waals surface area contributed by atoms with Crippen molar-refractivity contribution in [3.05, 3.63) is 0 Å². The number of ether oxygens (including phenoxy) is 1. The molecule has 0 aliphatic rings. The normalized spacial score (nSPS) is 15.5. The number of hydrogen-bond acceptors (Lipinski definition) is 3. The fraction of sp³-hybridized carbons (Fsp3) is 0.900. The predicted octanol–water partition coefficient (Wildman–Crippen LogP) is 1.70. The highest BCUT2D eigenvalue weighted by molar-refractivity contribution is 5.69. The molecular weight excluding hydrogens is 166 g/mol. The molecule has 0 aliphatic carbocycles. The van der Waals surface area contributed by atoms with Gasteiger partial charge in [-0.15, -0.1) is 0 Å². The number of rotatable bonds is 5. The third kappa shape index (κ3) is 5.64. The van der Waals surface area contributed by atoms with Gasteiger partial charge in [0.05, 0.1) is 0 Å². The minimum Gasteiger partial charge on any atom is -0.462 e. The van der Waals surface area contributed by atoms with Crippen molar-refractivity contribution in [2.75, 3.05) is 0 Å². The highest BCUT2D eigenvalue weighted by Crippen LogP contribution is 2.13. The molecule has 78 valence electrons. The van der Waals surface area contributed by atoms with Gasteiger partial charge in [0.25, 0.3) is 0 Å². The molecule has 0 aromatic heterocycles. The summed E-state index contributed by atoms with van der Waals surface area (Å²) in [5.41, 5.74) is 5.66. The molecule has 0 saturated heterocycles. The largest absolute Gasteiger partial charge is 0.462 e. The summed E-state index contributed by atoms with van der Waals surface area (Å²) in [4.78, 5) is 11.0. The average molecular weight is 187 g/mol. The Morgan fingerprint density at radius 3 is 2.23 bits per heavy atom. The molecule has 2 atom stereocenters. The minimum atomic E-state index is -0.139. The van der Waals surface area contributed by atoms with Gasteiger partial charge in [-0.05, 0) is 19.3 Å². The van der Waals surface area contributed by atoms with Crippen molar-refractivity contribution in [3.63, 3.8) is 0 Å². The number of nitrogens with two attached hydrogens (primary N) is 1. The average Bonchev–Trinajstić information content (AvgIpc) is 2.02. The summed E-state index contributed by atoms with van der Waals surface area (Å²) < 4.78 is 5.25. The Morgan fingerprint density at radius 2 is 1.92 bits per heavy atom. The molecule has 13 heavy (non-hydrogen) atoms. The molecule has 0 aromatic carbocycles. The summed E-state index contributed by atoms with van der Waals surface area (Å²) in [6.45, 7) is 7.80. The molecule has 2 unspecified atom stereocenters. The number of carbonyl (C=O) groups is 1. The summed E-state index contributed by atoms with van der Waals surface area (Å²) in [5, 5.41) is 0. The number of esters is 1. The summed E-state index contributed by atoms with van der Waals surface area (Å²) in [5.74, 6) is 0.195. The van der Waals surface area contributed by atoms with Crippen LogP contribution in [-0.2, 0) is 9.53 Å². The Bertz CT molecular complexity index is 155. The van der Waals surface area contributed by atoms with E-state index in [4.69, 9.17) is 10.5 Å². The third-order valence-corrected chi connectivity index (χ3v) is 1.92. The zero-order valence-electron chi connectivity index (χ0n) is 9.04. The van der Waals surface area contributed by atoms with E-state index in [1.54, 1.807) is 6.92 Å². The molecule has 0 bridgehead atoms. The fourth-order valence-electron chi connectivity index (χ4n) is 1.07. The molecule has 0 rings (SSSR count). The minimum absolute atomic E-state index is 0.0348. The lowest BCUT2D eigenvalue weighted by atomic mass is 10.0. The summed E-state index contributed by atoms with van der Waals surface area (Å²) in [6, 6.07) is 0.0806. The van der Waals surface area contributed by atoms with Crippen LogP contribution < -0.4 is 5.73 Å². The predicted molar refractivity (Wildman–Crippen MR) is 53.3 cm³/mol. The smallest absolute Gasteiger partial charge is 0.305 e. The van der Waals surface area contributed by atoms with Crippen molar-refractivity contribution in [2.24, 2.45) is 11.7 Å². The second-order valence-corrected chi connectivity index (χ2v) is 3.84. The van der Waals surface area contributed by atoms with Gasteiger partial charge in [-0.3, -0.25) is 4.79 Å². The molecular formula is C10H21NO2. The van der Waals surface area contributed by atoms with Crippen molar-refractivity contribution in [1.82, 2.24) is 0 Å². The van der Waals surface area contributed by atoms with Crippen LogP contribution in [0.25, 0.3) is 0 Å². The van der Waals surface area contributed by atoms with Crippen LogP contribution in [0.3, 0.4) is 0 Å². The van der Waals surface area contributed by atoms with E-state index in [2.05, 4.69) is 0 Å². The molecule has 0 aliphatic heterocycles. The first-order chi connectivity index (χ1) is 5.97. The van der Waals surface area contributed by atoms with Crippen LogP contribution in [0.15, 0.2) is 0 Å². The zero-order valence-corrected chi connectivity index (χ0v) is 9.04. The molecule has 3 heteroatoms. The van der Waals surface area contributed by atoms with Gasteiger partial charge in [-0.2, -0.15) is 0 Å². The fourth-order valence-corrected chi connectivity index (χ4v) is 1.07. The van der Waals surface area contributed by atoms with E-state index in [1.165, 1.54) is 0 Å². The SMILES string of the molecule is CCC(=O)OC(CC(C)N)C(C)C. The van der Waals surface area contributed by atoms with Gasteiger partial charge in [-0.1, -0.05) is 20.8 Å². The first-order valence-corrected chi connectivity index (χ1v) is 4.92. The standard InChI is InChI=1S/C10H21NO2/c1-5-10(12)13-9(7(2)3)6-8(4)11/h7-9H,5-6,11H2,1-4H3. The first kappa shape index (κ1) is 12.4. The molecule has 0 amide bonds. The van der Waals surface area contributed by atoms with E-state index >= 15 is 0 Å². The van der Waals surface area contributed by atoms with E-state index in [1.807, 2.05) is 20.8 Å². The topological polar surface area (TPSA) is 52.3 Å². The molecule has 0 fully saturated rings. The molecule has 2 N–H and O–H groups in total. The Hall–Kier alpha value is -0.570. The summed E-state index contributed by atoms with van der Waals surface area (Å²) in [7, 11) is 0. The lowest BCUT2D eigenvalue weighted by Gasteiger charge is -2.22. The van der Waals surface area contributed by atoms with E-state index in [0.717, 1.165) is 6.42 Å². The van der Waals surface area contributed by atoms with Gasteiger partial charge < -0.3 is 10.5 Å². The van der Waals surface area contributed by atoms with Crippen LogP contribution >= 0.6 is 0 Å². The summed E-state index contributed by atoms with van der Waals surface area (Å²) >= 11 is 0. The van der Waals surface area contributed by atoms with Gasteiger partial charge in [-0.25, -0.2) is 0 Å². The Labute approximate surface area is 80.6 Å². The van der Waals surface area contributed by atoms with E-state index < -0.39 is 0 Å². The van der Waals surface area contributed by atoms with Crippen molar-refractivity contribution in [3.8, 4) is 0 Å². The van der Waals surface area contributed by atoms with Crippen LogP contribution in [0, 0.1) is 5.92 Å². The molecule has 0 saturated carbocycles. The monoisotopic (exact) mass is 187 g/mol. The van der Waals surface area contributed by atoms with Crippen LogP contribution in [0.4, 0.5) is 0 Å². The second kappa shape index (κ2) is 5.97. The maximum atomic E-state index is 11.0. The van der Waals surface area contributed by atoms with Crippen molar-refractivity contribution in [1.29, 1.82) is 0 Å². The highest BCUT2D eigenvalue weighted by atomic mass is 16.5. The van der Waals surface area contributed by atoms with E-state index in [-0.39, 0.29) is 18.1 Å². The molecule has 0 heterocycles. The van der Waals surface area contributed by atoms with Gasteiger partial charge in [0.2, 0.25) is 0 Å². The van der Waals surface area contributed by atoms with Gasteiger partial charge in [0, 0.05) is 12.5 Å². The van der Waals surface area contributed by atoms with Crippen molar-refractivity contribution < 1.29 is 9.53 Å². The number of hydrogen-bond donors (Lipinski definition) is 1. The highest BCUT2D eigenvalue weighted by Gasteiger charge is 2.18. The lowest BCUT2D eigenvalue weighted by molar-refractivity contribution is -0.151. The molecule has 3 nitrogen and oxygen atoms in total. The van der Waals surface area contributed by atoms with Crippen LogP contribution in [0.5, 0.6) is 0 Å². The van der Waals surface area contributed by atoms with E-state index in [9.17, 15) is 4.79 Å². The Kier molecular flexibility index (Phi) is 5.71. The van der Waals surface area contributed by atoms with Gasteiger partial charge in [0.1, 0.15) is 6.10 Å². The second-order valence-electron chi connectivity index (χ2n) is 3.84. The van der Waals surface area contributed by atoms with Gasteiger partial charge >= 0.3 is 5.97 Å². The quantitative estimate of drug-likeness (QED) is 0.666. The van der Waals surface area contributed by atoms with E-state index in [0.29, 0.717) is 12.3 Å². The van der Waals surface area contributed by atoms with Crippen LogP contribution in [0.2, 0.25) is 0 Å².